The van der Waals surface area contributed by atoms with Gasteiger partial charge in [-0.25, -0.2) is 49.8 Å². The van der Waals surface area contributed by atoms with Crippen molar-refractivity contribution in [2.45, 2.75) is 0 Å². The number of hydrogen-bond acceptors (Lipinski definition) is 12. The summed E-state index contributed by atoms with van der Waals surface area (Å²) >= 11 is 0. The molecule has 0 aliphatic rings. The quantitative estimate of drug-likeness (QED) is 0.102. The summed E-state index contributed by atoms with van der Waals surface area (Å²) < 4.78 is 12.4. The summed E-state index contributed by atoms with van der Waals surface area (Å²) in [4.78, 5) is 48.5. The molecule has 0 aliphatic heterocycles. The minimum Gasteiger partial charge on any atom is -0.452 e. The molecule has 6 aromatic heterocycles. The number of benzene rings is 16. The highest BCUT2D eigenvalue weighted by Gasteiger charge is 2.21. The molecule has 6 heterocycles. The number of furan rings is 2. The SMILES string of the molecule is c1ccc(-c2ccc(-c3nc(-c4ccccc4)nc(-c4ccc(-c5ccc(-c6ccc(-c7ccc8oc9nc%10ccccc%10nc9c8c7)cc6)cc5)cc4)n3)cc2)cc1.c1ccc(-c2ccc(-c3nc(-c4ccccc4)nc(-c4ccc(-c5ccc(-c6ccc(-c7ncnc8c7oc7ccc9ccccc9c78)cc6)cc5)cc4)n3)cc2)cc1. The van der Waals surface area contributed by atoms with E-state index in [1.807, 2.05) is 121 Å². The Labute approximate surface area is 678 Å². The lowest BCUT2D eigenvalue weighted by Crippen LogP contribution is -2.00. The van der Waals surface area contributed by atoms with Gasteiger partial charge in [0.2, 0.25) is 5.71 Å². The van der Waals surface area contributed by atoms with Gasteiger partial charge in [-0.2, -0.15) is 0 Å². The lowest BCUT2D eigenvalue weighted by Gasteiger charge is -2.10. The predicted octanol–water partition coefficient (Wildman–Crippen LogP) is 26.8. The highest BCUT2D eigenvalue weighted by Crippen LogP contribution is 2.41. The first-order valence-corrected chi connectivity index (χ1v) is 39.1. The monoisotopic (exact) mass is 1510 g/mol. The molecule has 0 aliphatic carbocycles. The molecule has 12 heteroatoms. The first-order valence-electron chi connectivity index (χ1n) is 39.1. The molecule has 0 saturated heterocycles. The minimum atomic E-state index is 0.557. The van der Waals surface area contributed by atoms with E-state index in [-0.39, 0.29) is 0 Å². The third-order valence-electron chi connectivity index (χ3n) is 21.7. The van der Waals surface area contributed by atoms with E-state index in [4.69, 9.17) is 48.7 Å². The highest BCUT2D eigenvalue weighted by molar-refractivity contribution is 6.19. The Morgan fingerprint density at radius 1 is 0.186 bits per heavy atom. The van der Waals surface area contributed by atoms with E-state index in [0.29, 0.717) is 46.2 Å². The Morgan fingerprint density at radius 3 is 0.881 bits per heavy atom. The second-order valence-electron chi connectivity index (χ2n) is 29.0. The summed E-state index contributed by atoms with van der Waals surface area (Å²) in [5.74, 6) is 3.81. The molecule has 0 unspecified atom stereocenters. The number of nitrogens with zero attached hydrogens (tertiary/aromatic N) is 10. The van der Waals surface area contributed by atoms with Crippen molar-refractivity contribution in [3.05, 3.63) is 401 Å². The first-order chi connectivity index (χ1) is 58.4. The first kappa shape index (κ1) is 69.7. The van der Waals surface area contributed by atoms with Crippen LogP contribution in [-0.2, 0) is 0 Å². The van der Waals surface area contributed by atoms with Gasteiger partial charge in [0.1, 0.15) is 34.2 Å². The molecular weight excluding hydrogens is 1450 g/mol. The highest BCUT2D eigenvalue weighted by atomic mass is 16.3. The molecule has 0 spiro atoms. The van der Waals surface area contributed by atoms with Crippen molar-refractivity contribution in [2.75, 3.05) is 0 Å². The number of para-hydroxylation sites is 2. The maximum atomic E-state index is 6.38. The van der Waals surface area contributed by atoms with Crippen molar-refractivity contribution in [1.29, 1.82) is 0 Å². The lowest BCUT2D eigenvalue weighted by atomic mass is 9.97. The van der Waals surface area contributed by atoms with E-state index >= 15 is 0 Å². The van der Waals surface area contributed by atoms with Crippen LogP contribution in [0, 0.1) is 0 Å². The van der Waals surface area contributed by atoms with E-state index in [1.165, 1.54) is 11.1 Å². The van der Waals surface area contributed by atoms with Gasteiger partial charge < -0.3 is 8.83 Å². The Hall–Kier alpha value is -16.2. The third-order valence-corrected chi connectivity index (χ3v) is 21.7. The summed E-state index contributed by atoms with van der Waals surface area (Å²) in [6.07, 6.45) is 1.63. The fraction of sp³-hybridized carbons (Fsp3) is 0. The van der Waals surface area contributed by atoms with Gasteiger partial charge in [-0.15, -0.1) is 0 Å². The van der Waals surface area contributed by atoms with E-state index < -0.39 is 0 Å². The molecule has 22 rings (SSSR count). The lowest BCUT2D eigenvalue weighted by molar-refractivity contribution is 0.655. The van der Waals surface area contributed by atoms with Crippen LogP contribution >= 0.6 is 0 Å². The normalized spacial score (nSPS) is 11.4. The van der Waals surface area contributed by atoms with Crippen LogP contribution in [0.15, 0.2) is 409 Å². The zero-order valence-electron chi connectivity index (χ0n) is 63.4. The molecule has 0 bridgehead atoms. The van der Waals surface area contributed by atoms with E-state index in [9.17, 15) is 0 Å². The maximum absolute atomic E-state index is 6.38. The van der Waals surface area contributed by atoms with Crippen LogP contribution in [-0.4, -0.2) is 49.8 Å². The zero-order valence-corrected chi connectivity index (χ0v) is 63.4. The molecule has 552 valence electrons. The molecule has 118 heavy (non-hydrogen) atoms. The summed E-state index contributed by atoms with van der Waals surface area (Å²) in [6, 6.07) is 136. The van der Waals surface area contributed by atoms with Crippen molar-refractivity contribution in [1.82, 2.24) is 49.8 Å². The van der Waals surface area contributed by atoms with Crippen LogP contribution in [0.3, 0.4) is 0 Å². The third kappa shape index (κ3) is 13.8. The molecule has 0 amide bonds. The van der Waals surface area contributed by atoms with Crippen molar-refractivity contribution >= 4 is 66.1 Å². The molecule has 12 nitrogen and oxygen atoms in total. The molecule has 0 radical (unpaired) electrons. The summed E-state index contributed by atoms with van der Waals surface area (Å²) in [5, 5.41) is 4.26. The van der Waals surface area contributed by atoms with Crippen LogP contribution in [0.25, 0.3) is 224 Å². The molecule has 22 aromatic rings. The van der Waals surface area contributed by atoms with Crippen LogP contribution in [0.4, 0.5) is 0 Å². The van der Waals surface area contributed by atoms with Crippen LogP contribution in [0.1, 0.15) is 0 Å². The zero-order chi connectivity index (χ0) is 78.2. The van der Waals surface area contributed by atoms with Gasteiger partial charge in [0.25, 0.3) is 0 Å². The predicted molar refractivity (Wildman–Crippen MR) is 477 cm³/mol. The van der Waals surface area contributed by atoms with Crippen molar-refractivity contribution in [3.63, 3.8) is 0 Å². The molecule has 0 N–H and O–H groups in total. The summed E-state index contributed by atoms with van der Waals surface area (Å²) in [5.41, 5.74) is 29.4. The van der Waals surface area contributed by atoms with Crippen LogP contribution in [0.2, 0.25) is 0 Å². The summed E-state index contributed by atoms with van der Waals surface area (Å²) in [7, 11) is 0. The van der Waals surface area contributed by atoms with Crippen molar-refractivity contribution in [3.8, 4) is 157 Å². The number of hydrogen-bond donors (Lipinski definition) is 0. The van der Waals surface area contributed by atoms with Gasteiger partial charge in [-0.3, -0.25) is 0 Å². The second-order valence-corrected chi connectivity index (χ2v) is 29.0. The van der Waals surface area contributed by atoms with Gasteiger partial charge in [0.15, 0.2) is 40.5 Å². The summed E-state index contributed by atoms with van der Waals surface area (Å²) in [6.45, 7) is 0. The average molecular weight is 1510 g/mol. The molecule has 0 fully saturated rings. The van der Waals surface area contributed by atoms with Crippen molar-refractivity contribution < 1.29 is 8.83 Å². The number of rotatable bonds is 14. The molecule has 0 saturated carbocycles. The van der Waals surface area contributed by atoms with E-state index in [0.717, 1.165) is 166 Å². The molecule has 0 atom stereocenters. The Morgan fingerprint density at radius 2 is 0.483 bits per heavy atom. The minimum absolute atomic E-state index is 0.557. The van der Waals surface area contributed by atoms with Crippen LogP contribution in [0.5, 0.6) is 0 Å². The van der Waals surface area contributed by atoms with Gasteiger partial charge in [0.05, 0.1) is 16.4 Å². The average Bonchev–Trinajstić information content (AvgIpc) is 1.59. The van der Waals surface area contributed by atoms with E-state index in [2.05, 4.69) is 283 Å². The van der Waals surface area contributed by atoms with Gasteiger partial charge in [0, 0.05) is 44.3 Å². The maximum Gasteiger partial charge on any atom is 0.246 e. The van der Waals surface area contributed by atoms with Gasteiger partial charge in [-0.1, -0.05) is 364 Å². The number of fused-ring (bicyclic) bond motifs is 9. The fourth-order valence-electron chi connectivity index (χ4n) is 15.5. The van der Waals surface area contributed by atoms with E-state index in [1.54, 1.807) is 6.33 Å². The second kappa shape index (κ2) is 30.4. The van der Waals surface area contributed by atoms with Gasteiger partial charge in [-0.05, 0) is 119 Å². The Bertz CT molecular complexity index is 7440. The van der Waals surface area contributed by atoms with Crippen LogP contribution < -0.4 is 0 Å². The Kier molecular flexibility index (Phi) is 18.0. The number of aromatic nitrogens is 10. The largest absolute Gasteiger partial charge is 0.452 e. The smallest absolute Gasteiger partial charge is 0.246 e. The van der Waals surface area contributed by atoms with Gasteiger partial charge >= 0.3 is 0 Å². The van der Waals surface area contributed by atoms with Crippen molar-refractivity contribution in [2.24, 2.45) is 0 Å². The topological polar surface area (TPSA) is 155 Å². The Balaban J connectivity index is 0.000000147. The standard InChI is InChI=1S/2C53H33N5O/c1-3-9-34(10-4-1)35-21-27-43(28-22-35)52-56-51(42-12-5-2-6-13-42)57-53(58-52)44-29-23-39(24-30-44)37-17-15-36(16-18-37)38-19-25-41(26-20-38)48-50-49(55-33-54-48)47-45-14-8-7-11-40(45)31-32-46(47)59-50;1-3-9-34(10-4-1)35-23-27-42(28-24-35)51-56-50(41-11-5-2-6-12-41)57-52(58-51)43-29-25-39(26-30-43)37-17-15-36(16-18-37)38-19-21-40(22-20-38)44-31-32-48-45(33-44)49-53(59-48)55-47-14-8-7-13-46(47)54-49/h2*1-33H. The fourth-order valence-corrected chi connectivity index (χ4v) is 15.5. The molecular formula is C106H66N10O2. The molecule has 16 aromatic carbocycles.